The molecule has 1 heterocycles. The van der Waals surface area contributed by atoms with Gasteiger partial charge in [-0.2, -0.15) is 5.26 Å². The summed E-state index contributed by atoms with van der Waals surface area (Å²) in [6.07, 6.45) is 3.55. The van der Waals surface area contributed by atoms with E-state index in [4.69, 9.17) is 5.26 Å². The van der Waals surface area contributed by atoms with Crippen molar-refractivity contribution in [2.24, 2.45) is 11.8 Å². The first-order chi connectivity index (χ1) is 12.2. The van der Waals surface area contributed by atoms with Gasteiger partial charge in [-0.15, -0.1) is 0 Å². The van der Waals surface area contributed by atoms with Gasteiger partial charge in [-0.05, 0) is 54.5 Å². The van der Waals surface area contributed by atoms with Crippen LogP contribution in [0.2, 0.25) is 0 Å². The van der Waals surface area contributed by atoms with Gasteiger partial charge in [0, 0.05) is 11.7 Å². The molecule has 25 heavy (non-hydrogen) atoms. The molecule has 0 unspecified atom stereocenters. The monoisotopic (exact) mass is 332 g/mol. The van der Waals surface area contributed by atoms with Crippen molar-refractivity contribution in [3.05, 3.63) is 65.7 Å². The number of para-hydroxylation sites is 1. The molecule has 0 N–H and O–H groups in total. The standard InChI is InChI=1S/C23H28N2/c1-4-21-17(3)15-23(19-13-11-18(16-24)12-14-19)25(22(21)5-2)20-9-7-6-8-10-20/h6-14,17,21-23H,4-5,15H2,1-3H3/t17-,21-,22-,23-/m1/s1. The van der Waals surface area contributed by atoms with Gasteiger partial charge in [0.25, 0.3) is 0 Å². The molecule has 130 valence electrons. The number of piperidine rings is 1. The van der Waals surface area contributed by atoms with Crippen molar-refractivity contribution >= 4 is 5.69 Å². The Morgan fingerprint density at radius 2 is 1.68 bits per heavy atom. The van der Waals surface area contributed by atoms with Crippen LogP contribution in [0, 0.1) is 23.2 Å². The van der Waals surface area contributed by atoms with Crippen molar-refractivity contribution in [3.8, 4) is 6.07 Å². The van der Waals surface area contributed by atoms with Crippen molar-refractivity contribution in [1.82, 2.24) is 0 Å². The van der Waals surface area contributed by atoms with Crippen LogP contribution < -0.4 is 4.90 Å². The summed E-state index contributed by atoms with van der Waals surface area (Å²) in [7, 11) is 0. The maximum absolute atomic E-state index is 9.10. The van der Waals surface area contributed by atoms with Crippen molar-refractivity contribution < 1.29 is 0 Å². The predicted molar refractivity (Wildman–Crippen MR) is 104 cm³/mol. The van der Waals surface area contributed by atoms with Crippen LogP contribution in [-0.4, -0.2) is 6.04 Å². The van der Waals surface area contributed by atoms with Crippen LogP contribution in [0.15, 0.2) is 54.6 Å². The molecule has 2 aromatic rings. The summed E-state index contributed by atoms with van der Waals surface area (Å²) in [4.78, 5) is 2.65. The predicted octanol–water partition coefficient (Wildman–Crippen LogP) is 5.95. The fourth-order valence-electron chi connectivity index (χ4n) is 4.68. The summed E-state index contributed by atoms with van der Waals surface area (Å²) in [6, 6.07) is 22.2. The second-order valence-corrected chi connectivity index (χ2v) is 7.25. The molecule has 1 saturated heterocycles. The normalized spacial score (nSPS) is 26.2. The van der Waals surface area contributed by atoms with E-state index >= 15 is 0 Å². The first kappa shape index (κ1) is 17.5. The molecule has 0 spiro atoms. The number of nitriles is 1. The molecule has 0 saturated carbocycles. The third kappa shape index (κ3) is 3.42. The molecule has 4 atom stereocenters. The molecule has 1 aliphatic heterocycles. The second kappa shape index (κ2) is 7.74. The minimum atomic E-state index is 0.373. The van der Waals surface area contributed by atoms with E-state index in [1.54, 1.807) is 0 Å². The van der Waals surface area contributed by atoms with Gasteiger partial charge in [0.2, 0.25) is 0 Å². The SMILES string of the molecule is CC[C@@H]1[C@H](C)C[C@H](c2ccc(C#N)cc2)N(c2ccccc2)[C@@H]1CC. The van der Waals surface area contributed by atoms with Crippen LogP contribution in [0.4, 0.5) is 5.69 Å². The zero-order valence-corrected chi connectivity index (χ0v) is 15.5. The van der Waals surface area contributed by atoms with E-state index in [2.05, 4.69) is 74.2 Å². The Bertz CT molecular complexity index is 714. The van der Waals surface area contributed by atoms with Crippen LogP contribution >= 0.6 is 0 Å². The first-order valence-electron chi connectivity index (χ1n) is 9.53. The third-order valence-electron chi connectivity index (χ3n) is 5.88. The highest BCUT2D eigenvalue weighted by Crippen LogP contribution is 2.45. The van der Waals surface area contributed by atoms with Crippen LogP contribution in [0.1, 0.15) is 57.2 Å². The topological polar surface area (TPSA) is 27.0 Å². The van der Waals surface area contributed by atoms with Crippen molar-refractivity contribution in [2.75, 3.05) is 4.90 Å². The molecule has 2 heteroatoms. The zero-order valence-electron chi connectivity index (χ0n) is 15.5. The molecule has 0 bridgehead atoms. The van der Waals surface area contributed by atoms with Gasteiger partial charge >= 0.3 is 0 Å². The van der Waals surface area contributed by atoms with E-state index < -0.39 is 0 Å². The average Bonchev–Trinajstić information content (AvgIpc) is 2.67. The molecule has 0 radical (unpaired) electrons. The number of benzene rings is 2. The van der Waals surface area contributed by atoms with E-state index in [1.807, 2.05) is 12.1 Å². The van der Waals surface area contributed by atoms with Crippen molar-refractivity contribution in [3.63, 3.8) is 0 Å². The van der Waals surface area contributed by atoms with Gasteiger partial charge in [0.1, 0.15) is 0 Å². The fourth-order valence-corrected chi connectivity index (χ4v) is 4.68. The van der Waals surface area contributed by atoms with E-state index in [-0.39, 0.29) is 0 Å². The first-order valence-corrected chi connectivity index (χ1v) is 9.53. The number of hydrogen-bond donors (Lipinski definition) is 0. The highest BCUT2D eigenvalue weighted by molar-refractivity contribution is 5.51. The molecule has 3 rings (SSSR count). The maximum Gasteiger partial charge on any atom is 0.0991 e. The summed E-state index contributed by atoms with van der Waals surface area (Å²) in [5, 5.41) is 9.10. The number of nitrogens with zero attached hydrogens (tertiary/aromatic N) is 2. The Hall–Kier alpha value is -2.27. The number of rotatable bonds is 4. The van der Waals surface area contributed by atoms with E-state index in [0.29, 0.717) is 18.0 Å². The smallest absolute Gasteiger partial charge is 0.0991 e. The average molecular weight is 332 g/mol. The van der Waals surface area contributed by atoms with E-state index in [9.17, 15) is 0 Å². The minimum absolute atomic E-state index is 0.373. The summed E-state index contributed by atoms with van der Waals surface area (Å²) in [5.41, 5.74) is 3.37. The Labute approximate surface area is 152 Å². The van der Waals surface area contributed by atoms with Gasteiger partial charge < -0.3 is 4.90 Å². The largest absolute Gasteiger partial charge is 0.361 e. The Morgan fingerprint density at radius 3 is 2.24 bits per heavy atom. The Morgan fingerprint density at radius 1 is 1.00 bits per heavy atom. The Balaban J connectivity index is 2.05. The summed E-state index contributed by atoms with van der Waals surface area (Å²) < 4.78 is 0. The van der Waals surface area contributed by atoms with Gasteiger partial charge in [-0.1, -0.05) is 57.5 Å². The van der Waals surface area contributed by atoms with Gasteiger partial charge in [-0.3, -0.25) is 0 Å². The highest BCUT2D eigenvalue weighted by atomic mass is 15.2. The molecule has 0 aliphatic carbocycles. The molecule has 1 aliphatic rings. The lowest BCUT2D eigenvalue weighted by molar-refractivity contribution is 0.188. The van der Waals surface area contributed by atoms with E-state index in [0.717, 1.165) is 24.3 Å². The Kier molecular flexibility index (Phi) is 5.43. The molecule has 1 fully saturated rings. The zero-order chi connectivity index (χ0) is 17.8. The quantitative estimate of drug-likeness (QED) is 0.691. The van der Waals surface area contributed by atoms with Gasteiger partial charge in [-0.25, -0.2) is 0 Å². The fraction of sp³-hybridized carbons (Fsp3) is 0.435. The summed E-state index contributed by atoms with van der Waals surface area (Å²) in [6.45, 7) is 7.06. The van der Waals surface area contributed by atoms with Crippen LogP contribution in [-0.2, 0) is 0 Å². The van der Waals surface area contributed by atoms with E-state index in [1.165, 1.54) is 17.7 Å². The van der Waals surface area contributed by atoms with Crippen LogP contribution in [0.3, 0.4) is 0 Å². The minimum Gasteiger partial charge on any atom is -0.361 e. The molecule has 0 amide bonds. The maximum atomic E-state index is 9.10. The van der Waals surface area contributed by atoms with Crippen molar-refractivity contribution in [2.45, 2.75) is 52.1 Å². The lowest BCUT2D eigenvalue weighted by Gasteiger charge is -2.51. The third-order valence-corrected chi connectivity index (χ3v) is 5.88. The molecular weight excluding hydrogens is 304 g/mol. The summed E-state index contributed by atoms with van der Waals surface area (Å²) >= 11 is 0. The lowest BCUT2D eigenvalue weighted by atomic mass is 9.73. The summed E-state index contributed by atoms with van der Waals surface area (Å²) in [5.74, 6) is 1.43. The van der Waals surface area contributed by atoms with Crippen molar-refractivity contribution in [1.29, 1.82) is 5.26 Å². The highest BCUT2D eigenvalue weighted by Gasteiger charge is 2.40. The van der Waals surface area contributed by atoms with Gasteiger partial charge in [0.05, 0.1) is 17.7 Å². The molecular formula is C23H28N2. The van der Waals surface area contributed by atoms with Gasteiger partial charge in [0.15, 0.2) is 0 Å². The molecule has 2 nitrogen and oxygen atoms in total. The number of hydrogen-bond acceptors (Lipinski definition) is 2. The number of anilines is 1. The van der Waals surface area contributed by atoms with Crippen LogP contribution in [0.5, 0.6) is 0 Å². The van der Waals surface area contributed by atoms with Crippen LogP contribution in [0.25, 0.3) is 0 Å². The second-order valence-electron chi connectivity index (χ2n) is 7.25. The molecule has 2 aromatic carbocycles. The molecule has 0 aromatic heterocycles. The lowest BCUT2D eigenvalue weighted by Crippen LogP contribution is -2.50.